The van der Waals surface area contributed by atoms with Gasteiger partial charge in [0.15, 0.2) is 11.6 Å². The van der Waals surface area contributed by atoms with E-state index < -0.39 is 0 Å². The van der Waals surface area contributed by atoms with Crippen molar-refractivity contribution in [1.29, 1.82) is 0 Å². The number of hydrogen-bond donors (Lipinski definition) is 0. The van der Waals surface area contributed by atoms with E-state index in [2.05, 4.69) is 15.4 Å². The molecule has 1 heterocycles. The lowest BCUT2D eigenvalue weighted by Crippen LogP contribution is -2.05. The summed E-state index contributed by atoms with van der Waals surface area (Å²) in [4.78, 5) is 13.5. The van der Waals surface area contributed by atoms with Crippen molar-refractivity contribution in [1.82, 2.24) is 20.2 Å². The lowest BCUT2D eigenvalue weighted by molar-refractivity contribution is 0.0990. The smallest absolute Gasteiger partial charge is 0.182 e. The van der Waals surface area contributed by atoms with Gasteiger partial charge in [0.2, 0.25) is 0 Å². The van der Waals surface area contributed by atoms with E-state index in [1.807, 2.05) is 30.3 Å². The largest absolute Gasteiger partial charge is 0.294 e. The Kier molecular flexibility index (Phi) is 3.75. The zero-order chi connectivity index (χ0) is 14.7. The molecule has 0 amide bonds. The third-order valence-corrected chi connectivity index (χ3v) is 3.18. The number of hydrogen-bond acceptors (Lipinski definition) is 4. The molecule has 6 heteroatoms. The number of aromatic nitrogens is 4. The molecule has 3 rings (SSSR count). The molecule has 0 saturated carbocycles. The van der Waals surface area contributed by atoms with Crippen molar-refractivity contribution in [2.24, 2.45) is 0 Å². The molecule has 0 aliphatic heterocycles. The first-order valence-electron chi connectivity index (χ1n) is 6.35. The molecular formula is C15H11ClN4O. The Morgan fingerprint density at radius 2 is 1.76 bits per heavy atom. The van der Waals surface area contributed by atoms with Gasteiger partial charge < -0.3 is 0 Å². The van der Waals surface area contributed by atoms with Crippen molar-refractivity contribution in [2.75, 3.05) is 0 Å². The molecule has 104 valence electrons. The molecule has 0 unspecified atom stereocenters. The van der Waals surface area contributed by atoms with Crippen LogP contribution in [0.2, 0.25) is 5.02 Å². The van der Waals surface area contributed by atoms with Crippen molar-refractivity contribution in [3.05, 3.63) is 71.0 Å². The summed E-state index contributed by atoms with van der Waals surface area (Å²) in [6, 6.07) is 16.2. The van der Waals surface area contributed by atoms with Crippen LogP contribution in [0.15, 0.2) is 54.6 Å². The molecule has 1 aromatic heterocycles. The van der Waals surface area contributed by atoms with E-state index >= 15 is 0 Å². The summed E-state index contributed by atoms with van der Waals surface area (Å²) in [6.07, 6.45) is 0.106. The fraction of sp³-hybridized carbons (Fsp3) is 0.0667. The molecule has 5 nitrogen and oxygen atoms in total. The first-order valence-corrected chi connectivity index (χ1v) is 6.73. The van der Waals surface area contributed by atoms with E-state index in [1.165, 1.54) is 4.80 Å². The predicted molar refractivity (Wildman–Crippen MR) is 78.6 cm³/mol. The zero-order valence-electron chi connectivity index (χ0n) is 11.0. The molecule has 0 N–H and O–H groups in total. The fourth-order valence-corrected chi connectivity index (χ4v) is 1.99. The Labute approximate surface area is 126 Å². The second-order valence-corrected chi connectivity index (χ2v) is 4.87. The minimum Gasteiger partial charge on any atom is -0.294 e. The summed E-state index contributed by atoms with van der Waals surface area (Å²) < 4.78 is 0. The van der Waals surface area contributed by atoms with Gasteiger partial charge in [-0.3, -0.25) is 4.79 Å². The number of para-hydroxylation sites is 1. The van der Waals surface area contributed by atoms with E-state index in [-0.39, 0.29) is 12.2 Å². The van der Waals surface area contributed by atoms with Crippen LogP contribution in [0.1, 0.15) is 16.2 Å². The number of halogens is 1. The van der Waals surface area contributed by atoms with Crippen molar-refractivity contribution >= 4 is 17.4 Å². The molecule has 0 aliphatic rings. The van der Waals surface area contributed by atoms with Gasteiger partial charge in [0.05, 0.1) is 12.1 Å². The van der Waals surface area contributed by atoms with Crippen molar-refractivity contribution < 1.29 is 4.79 Å². The third kappa shape index (κ3) is 3.14. The maximum absolute atomic E-state index is 12.1. The molecule has 0 fully saturated rings. The number of benzene rings is 2. The summed E-state index contributed by atoms with van der Waals surface area (Å²) in [5.41, 5.74) is 1.38. The second kappa shape index (κ2) is 5.85. The summed E-state index contributed by atoms with van der Waals surface area (Å²) in [5.74, 6) is 0.318. The van der Waals surface area contributed by atoms with Crippen LogP contribution in [0.4, 0.5) is 0 Å². The molecule has 0 radical (unpaired) electrons. The highest BCUT2D eigenvalue weighted by Gasteiger charge is 2.12. The SMILES string of the molecule is O=C(Cc1nnn(-c2ccccc2)n1)c1ccc(Cl)cc1. The maximum Gasteiger partial charge on any atom is 0.182 e. The Balaban J connectivity index is 1.75. The molecule has 0 aliphatic carbocycles. The van der Waals surface area contributed by atoms with Gasteiger partial charge in [-0.05, 0) is 41.6 Å². The van der Waals surface area contributed by atoms with Gasteiger partial charge in [0.1, 0.15) is 0 Å². The van der Waals surface area contributed by atoms with Gasteiger partial charge in [-0.15, -0.1) is 15.0 Å². The van der Waals surface area contributed by atoms with Crippen molar-refractivity contribution in [2.45, 2.75) is 6.42 Å². The predicted octanol–water partition coefficient (Wildman–Crippen LogP) is 2.74. The quantitative estimate of drug-likeness (QED) is 0.695. The van der Waals surface area contributed by atoms with E-state index in [1.54, 1.807) is 24.3 Å². The number of rotatable bonds is 4. The number of tetrazole rings is 1. The number of carbonyl (C=O) groups is 1. The lowest BCUT2D eigenvalue weighted by atomic mass is 10.1. The molecule has 0 saturated heterocycles. The van der Waals surface area contributed by atoms with E-state index in [9.17, 15) is 4.79 Å². The van der Waals surface area contributed by atoms with E-state index in [0.29, 0.717) is 16.4 Å². The van der Waals surface area contributed by atoms with E-state index in [4.69, 9.17) is 11.6 Å². The Morgan fingerprint density at radius 1 is 1.05 bits per heavy atom. The van der Waals surface area contributed by atoms with Crippen LogP contribution in [0.3, 0.4) is 0 Å². The highest BCUT2D eigenvalue weighted by Crippen LogP contribution is 2.11. The number of nitrogens with zero attached hydrogens (tertiary/aromatic N) is 4. The minimum absolute atomic E-state index is 0.0701. The second-order valence-electron chi connectivity index (χ2n) is 4.44. The minimum atomic E-state index is -0.0701. The number of Topliss-reactive ketones (excluding diaryl/α,β-unsaturated/α-hetero) is 1. The first kappa shape index (κ1) is 13.5. The van der Waals surface area contributed by atoms with E-state index in [0.717, 1.165) is 5.69 Å². The summed E-state index contributed by atoms with van der Waals surface area (Å²) in [7, 11) is 0. The summed E-state index contributed by atoms with van der Waals surface area (Å²) in [5, 5.41) is 12.7. The molecule has 2 aromatic carbocycles. The van der Waals surface area contributed by atoms with Crippen LogP contribution in [0.25, 0.3) is 5.69 Å². The van der Waals surface area contributed by atoms with Crippen molar-refractivity contribution in [3.8, 4) is 5.69 Å². The molecule has 3 aromatic rings. The topological polar surface area (TPSA) is 60.7 Å². The van der Waals surface area contributed by atoms with Crippen LogP contribution in [-0.2, 0) is 6.42 Å². The van der Waals surface area contributed by atoms with Crippen LogP contribution in [0, 0.1) is 0 Å². The fourth-order valence-electron chi connectivity index (χ4n) is 1.87. The van der Waals surface area contributed by atoms with Crippen LogP contribution >= 0.6 is 11.6 Å². The molecule has 0 bridgehead atoms. The maximum atomic E-state index is 12.1. The average molecular weight is 299 g/mol. The molecule has 0 spiro atoms. The molecular weight excluding hydrogens is 288 g/mol. The molecule has 0 atom stereocenters. The summed E-state index contributed by atoms with van der Waals surface area (Å²) >= 11 is 5.80. The van der Waals surface area contributed by atoms with Gasteiger partial charge >= 0.3 is 0 Å². The lowest BCUT2D eigenvalue weighted by Gasteiger charge is -1.98. The standard InChI is InChI=1S/C15H11ClN4O/c16-12-8-6-11(7-9-12)14(21)10-15-17-19-20(18-15)13-4-2-1-3-5-13/h1-9H,10H2. The zero-order valence-corrected chi connectivity index (χ0v) is 11.7. The Hall–Kier alpha value is -2.53. The van der Waals surface area contributed by atoms with Gasteiger partial charge in [0, 0.05) is 10.6 Å². The Morgan fingerprint density at radius 3 is 2.48 bits per heavy atom. The van der Waals surface area contributed by atoms with Gasteiger partial charge in [0.25, 0.3) is 0 Å². The molecule has 21 heavy (non-hydrogen) atoms. The van der Waals surface area contributed by atoms with Crippen LogP contribution in [0.5, 0.6) is 0 Å². The average Bonchev–Trinajstić information content (AvgIpc) is 2.97. The number of ketones is 1. The summed E-state index contributed by atoms with van der Waals surface area (Å²) in [6.45, 7) is 0. The monoisotopic (exact) mass is 298 g/mol. The third-order valence-electron chi connectivity index (χ3n) is 2.93. The normalized spacial score (nSPS) is 10.5. The van der Waals surface area contributed by atoms with Gasteiger partial charge in [-0.2, -0.15) is 0 Å². The highest BCUT2D eigenvalue weighted by molar-refractivity contribution is 6.30. The van der Waals surface area contributed by atoms with Crippen LogP contribution in [-0.4, -0.2) is 26.0 Å². The van der Waals surface area contributed by atoms with Gasteiger partial charge in [-0.1, -0.05) is 29.8 Å². The van der Waals surface area contributed by atoms with Crippen LogP contribution < -0.4 is 0 Å². The van der Waals surface area contributed by atoms with Gasteiger partial charge in [-0.25, -0.2) is 0 Å². The highest BCUT2D eigenvalue weighted by atomic mass is 35.5. The van der Waals surface area contributed by atoms with Crippen molar-refractivity contribution in [3.63, 3.8) is 0 Å². The Bertz CT molecular complexity index is 753. The number of carbonyl (C=O) groups excluding carboxylic acids is 1. The first-order chi connectivity index (χ1) is 10.2.